The van der Waals surface area contributed by atoms with Crippen LogP contribution in [0.1, 0.15) is 73.4 Å². The molecule has 1 fully saturated rings. The SMILES string of the molecule is CC(C(=O)NCc1ccc(C(F)(F)F)c(Nc2nc3nc(OCC(F)F)c(C(=O)CCCC4CCC(C(F)(F)F)CC4)cc3[nH]2)c1)C(F)(F)F. The number of benzene rings is 1. The van der Waals surface area contributed by atoms with E-state index in [9.17, 15) is 57.9 Å². The van der Waals surface area contributed by atoms with E-state index in [1.54, 1.807) is 0 Å². The third kappa shape index (κ3) is 10.2. The number of hydrogen-bond donors (Lipinski definition) is 3. The molecule has 0 saturated heterocycles. The van der Waals surface area contributed by atoms with Gasteiger partial charge in [0.25, 0.3) is 6.43 Å². The minimum absolute atomic E-state index is 0.00132. The largest absolute Gasteiger partial charge is 0.471 e. The minimum atomic E-state index is -4.91. The van der Waals surface area contributed by atoms with Gasteiger partial charge < -0.3 is 20.4 Å². The molecule has 50 heavy (non-hydrogen) atoms. The summed E-state index contributed by atoms with van der Waals surface area (Å²) in [5.41, 5.74) is -2.26. The summed E-state index contributed by atoms with van der Waals surface area (Å²) in [7, 11) is 0. The number of nitrogens with one attached hydrogen (secondary N) is 3. The Labute approximate surface area is 277 Å². The first-order chi connectivity index (χ1) is 23.2. The molecule has 2 aromatic heterocycles. The maximum Gasteiger partial charge on any atom is 0.418 e. The second-order valence-electron chi connectivity index (χ2n) is 12.1. The second-order valence-corrected chi connectivity index (χ2v) is 12.1. The van der Waals surface area contributed by atoms with Crippen molar-refractivity contribution < 1.29 is 62.6 Å². The Morgan fingerprint density at radius 2 is 1.66 bits per heavy atom. The molecule has 2 heterocycles. The Kier molecular flexibility index (Phi) is 11.9. The first kappa shape index (κ1) is 38.6. The Morgan fingerprint density at radius 1 is 0.980 bits per heavy atom. The zero-order valence-electron chi connectivity index (χ0n) is 26.3. The molecule has 8 nitrogen and oxygen atoms in total. The van der Waals surface area contributed by atoms with Gasteiger partial charge in [0.15, 0.2) is 18.0 Å². The van der Waals surface area contributed by atoms with Crippen molar-refractivity contribution in [1.29, 1.82) is 0 Å². The summed E-state index contributed by atoms with van der Waals surface area (Å²) < 4.78 is 150. The lowest BCUT2D eigenvalue weighted by molar-refractivity contribution is -0.184. The van der Waals surface area contributed by atoms with E-state index in [0.29, 0.717) is 32.3 Å². The van der Waals surface area contributed by atoms with Gasteiger partial charge in [-0.05, 0) is 68.7 Å². The van der Waals surface area contributed by atoms with E-state index in [1.807, 2.05) is 5.32 Å². The summed E-state index contributed by atoms with van der Waals surface area (Å²) in [6, 6.07) is 3.72. The Balaban J connectivity index is 1.52. The first-order valence-corrected chi connectivity index (χ1v) is 15.5. The fraction of sp³-hybridized carbons (Fsp3) is 0.548. The van der Waals surface area contributed by atoms with Gasteiger partial charge >= 0.3 is 18.5 Å². The number of carbonyl (C=O) groups is 2. The lowest BCUT2D eigenvalue weighted by atomic mass is 9.79. The molecule has 276 valence electrons. The zero-order valence-corrected chi connectivity index (χ0v) is 26.3. The number of amides is 1. The summed E-state index contributed by atoms with van der Waals surface area (Å²) in [6.45, 7) is -1.06. The highest BCUT2D eigenvalue weighted by Crippen LogP contribution is 2.41. The van der Waals surface area contributed by atoms with Crippen molar-refractivity contribution in [1.82, 2.24) is 20.3 Å². The van der Waals surface area contributed by atoms with Crippen LogP contribution in [0.3, 0.4) is 0 Å². The quantitative estimate of drug-likeness (QED) is 0.120. The predicted octanol–water partition coefficient (Wildman–Crippen LogP) is 8.90. The number of aromatic nitrogens is 3. The number of alkyl halides is 11. The average Bonchev–Trinajstić information content (AvgIpc) is 3.41. The lowest BCUT2D eigenvalue weighted by Crippen LogP contribution is -2.37. The summed E-state index contributed by atoms with van der Waals surface area (Å²) in [6.07, 6.45) is -15.6. The van der Waals surface area contributed by atoms with Gasteiger partial charge in [-0.25, -0.2) is 8.78 Å². The van der Waals surface area contributed by atoms with Gasteiger partial charge in [-0.1, -0.05) is 12.5 Å². The van der Waals surface area contributed by atoms with Crippen LogP contribution in [-0.4, -0.2) is 52.0 Å². The fourth-order valence-corrected chi connectivity index (χ4v) is 5.57. The maximum absolute atomic E-state index is 13.8. The predicted molar refractivity (Wildman–Crippen MR) is 157 cm³/mol. The molecule has 3 aromatic rings. The van der Waals surface area contributed by atoms with E-state index >= 15 is 0 Å². The first-order valence-electron chi connectivity index (χ1n) is 15.5. The van der Waals surface area contributed by atoms with E-state index in [4.69, 9.17) is 4.74 Å². The molecule has 1 aliphatic carbocycles. The van der Waals surface area contributed by atoms with Crippen LogP contribution in [0.15, 0.2) is 24.3 Å². The Bertz CT molecular complexity index is 1650. The number of aromatic amines is 1. The topological polar surface area (TPSA) is 109 Å². The van der Waals surface area contributed by atoms with Crippen molar-refractivity contribution in [3.63, 3.8) is 0 Å². The number of fused-ring (bicyclic) bond motifs is 1. The van der Waals surface area contributed by atoms with Crippen LogP contribution in [0.2, 0.25) is 0 Å². The van der Waals surface area contributed by atoms with E-state index in [1.165, 1.54) is 6.07 Å². The number of ketones is 1. The number of anilines is 2. The second kappa shape index (κ2) is 15.4. The number of ether oxygens (including phenoxy) is 1. The third-order valence-electron chi connectivity index (χ3n) is 8.40. The number of pyridine rings is 1. The van der Waals surface area contributed by atoms with Crippen LogP contribution >= 0.6 is 0 Å². The van der Waals surface area contributed by atoms with Crippen LogP contribution in [0.4, 0.5) is 59.9 Å². The van der Waals surface area contributed by atoms with Gasteiger partial charge in [-0.3, -0.25) is 9.59 Å². The summed E-state index contributed by atoms with van der Waals surface area (Å²) in [5.74, 6) is -6.55. The van der Waals surface area contributed by atoms with Crippen molar-refractivity contribution >= 4 is 34.5 Å². The van der Waals surface area contributed by atoms with Crippen molar-refractivity contribution in [2.45, 2.75) is 83.4 Å². The molecule has 1 saturated carbocycles. The number of hydrogen-bond acceptors (Lipinski definition) is 6. The van der Waals surface area contributed by atoms with Crippen LogP contribution in [0.5, 0.6) is 5.88 Å². The minimum Gasteiger partial charge on any atom is -0.471 e. The normalized spacial score (nSPS) is 17.9. The van der Waals surface area contributed by atoms with Gasteiger partial charge in [-0.2, -0.15) is 49.5 Å². The van der Waals surface area contributed by atoms with Crippen LogP contribution in [-0.2, 0) is 17.5 Å². The molecule has 1 unspecified atom stereocenters. The highest BCUT2D eigenvalue weighted by atomic mass is 19.4. The van der Waals surface area contributed by atoms with Crippen LogP contribution in [0, 0.1) is 17.8 Å². The third-order valence-corrected chi connectivity index (χ3v) is 8.40. The zero-order chi connectivity index (χ0) is 37.0. The lowest BCUT2D eigenvalue weighted by Gasteiger charge is -2.29. The smallest absolute Gasteiger partial charge is 0.418 e. The molecule has 0 aliphatic heterocycles. The fourth-order valence-electron chi connectivity index (χ4n) is 5.57. The summed E-state index contributed by atoms with van der Waals surface area (Å²) >= 11 is 0. The summed E-state index contributed by atoms with van der Waals surface area (Å²) in [5, 5.41) is 4.43. The molecule has 1 aromatic carbocycles. The molecule has 0 spiro atoms. The molecule has 19 heteroatoms. The molecule has 0 radical (unpaired) electrons. The summed E-state index contributed by atoms with van der Waals surface area (Å²) in [4.78, 5) is 35.7. The van der Waals surface area contributed by atoms with Gasteiger partial charge in [-0.15, -0.1) is 0 Å². The number of H-pyrrole nitrogens is 1. The number of halogens is 11. The van der Waals surface area contributed by atoms with Gasteiger partial charge in [0.2, 0.25) is 17.7 Å². The maximum atomic E-state index is 13.8. The van der Waals surface area contributed by atoms with Crippen LogP contribution in [0.25, 0.3) is 11.2 Å². The highest BCUT2D eigenvalue weighted by Gasteiger charge is 2.42. The highest BCUT2D eigenvalue weighted by molar-refractivity contribution is 6.00. The standard InChI is InChI=1S/C31H32F11N5O3/c1-15(29(34,35)36)26(49)43-13-17-7-10-20(31(40,41)42)21(11-17)44-28-45-22-12-19(27(46-25(22)47-28)50-14-24(32)33)23(48)4-2-3-16-5-8-18(9-6-16)30(37,38)39/h7,10-12,15-16,18,24H,2-6,8-9,13-14H2,1H3,(H,43,49)(H2,44,45,46,47). The van der Waals surface area contributed by atoms with Gasteiger partial charge in [0.1, 0.15) is 5.92 Å². The van der Waals surface area contributed by atoms with E-state index in [2.05, 4.69) is 20.3 Å². The molecule has 3 N–H and O–H groups in total. The number of rotatable bonds is 13. The molecule has 1 amide bonds. The molecule has 0 bridgehead atoms. The molecular weight excluding hydrogens is 699 g/mol. The van der Waals surface area contributed by atoms with Gasteiger partial charge in [0, 0.05) is 13.0 Å². The van der Waals surface area contributed by atoms with E-state index in [-0.39, 0.29) is 59.8 Å². The monoisotopic (exact) mass is 731 g/mol. The Morgan fingerprint density at radius 3 is 2.26 bits per heavy atom. The number of imidazole rings is 1. The molecule has 1 aliphatic rings. The van der Waals surface area contributed by atoms with Crippen molar-refractivity contribution in [3.05, 3.63) is 41.0 Å². The Hall–Kier alpha value is -4.19. The number of nitrogens with zero attached hydrogens (tertiary/aromatic N) is 2. The van der Waals surface area contributed by atoms with E-state index < -0.39 is 78.8 Å². The molecule has 1 atom stereocenters. The van der Waals surface area contributed by atoms with Crippen molar-refractivity contribution in [2.24, 2.45) is 17.8 Å². The average molecular weight is 732 g/mol. The number of carbonyl (C=O) groups excluding carboxylic acids is 2. The van der Waals surface area contributed by atoms with E-state index in [0.717, 1.165) is 12.1 Å². The van der Waals surface area contributed by atoms with Crippen molar-refractivity contribution in [3.8, 4) is 5.88 Å². The molecular formula is C31H32F11N5O3. The van der Waals surface area contributed by atoms with Gasteiger partial charge in [0.05, 0.1) is 28.2 Å². The molecule has 4 rings (SSSR count). The van der Waals surface area contributed by atoms with Crippen LogP contribution < -0.4 is 15.4 Å². The van der Waals surface area contributed by atoms with Crippen molar-refractivity contribution in [2.75, 3.05) is 11.9 Å². The number of Topliss-reactive ketones (excluding diaryl/α,β-unsaturated/α-hetero) is 1.